The van der Waals surface area contributed by atoms with Crippen LogP contribution in [0.4, 0.5) is 0 Å². The number of methoxy groups -OCH3 is 1. The molecule has 0 saturated carbocycles. The fourth-order valence-electron chi connectivity index (χ4n) is 1.12. The summed E-state index contributed by atoms with van der Waals surface area (Å²) in [7, 11) is 1.67. The van der Waals surface area contributed by atoms with Crippen LogP contribution < -0.4 is 10.1 Å². The molecule has 3 nitrogen and oxygen atoms in total. The predicted octanol–water partition coefficient (Wildman–Crippen LogP) is 2.61. The summed E-state index contributed by atoms with van der Waals surface area (Å²) >= 11 is 11.7. The van der Waals surface area contributed by atoms with Gasteiger partial charge in [-0.15, -0.1) is 0 Å². The van der Waals surface area contributed by atoms with Gasteiger partial charge in [0.15, 0.2) is 0 Å². The first-order chi connectivity index (χ1) is 7.74. The molecule has 90 valence electrons. The highest BCUT2D eigenvalue weighted by molar-refractivity contribution is 6.35. The lowest BCUT2D eigenvalue weighted by molar-refractivity contribution is 0.197. The van der Waals surface area contributed by atoms with E-state index in [1.165, 1.54) is 0 Å². The van der Waals surface area contributed by atoms with Crippen LogP contribution in [0.3, 0.4) is 0 Å². The molecule has 1 aromatic carbocycles. The zero-order valence-electron chi connectivity index (χ0n) is 9.13. The molecule has 1 aromatic rings. The predicted molar refractivity (Wildman–Crippen MR) is 66.7 cm³/mol. The summed E-state index contributed by atoms with van der Waals surface area (Å²) in [6, 6.07) is 5.18. The Morgan fingerprint density at radius 2 is 1.94 bits per heavy atom. The van der Waals surface area contributed by atoms with Crippen LogP contribution in [-0.4, -0.2) is 33.4 Å². The van der Waals surface area contributed by atoms with Crippen molar-refractivity contribution in [3.05, 3.63) is 28.2 Å². The number of nitrogens with one attached hydrogen (secondary N) is 1. The van der Waals surface area contributed by atoms with Crippen molar-refractivity contribution in [3.63, 3.8) is 0 Å². The van der Waals surface area contributed by atoms with Gasteiger partial charge in [0.2, 0.25) is 0 Å². The van der Waals surface area contributed by atoms with Gasteiger partial charge in [-0.05, 0) is 18.2 Å². The summed E-state index contributed by atoms with van der Waals surface area (Å²) in [5.41, 5.74) is 0. The molecule has 0 unspecified atom stereocenters. The highest BCUT2D eigenvalue weighted by Gasteiger charge is 2.01. The summed E-state index contributed by atoms with van der Waals surface area (Å²) in [6.07, 6.45) is 0. The minimum absolute atomic E-state index is 0.532. The van der Waals surface area contributed by atoms with Gasteiger partial charge in [0.25, 0.3) is 0 Å². The maximum Gasteiger partial charge on any atom is 0.138 e. The summed E-state index contributed by atoms with van der Waals surface area (Å²) < 4.78 is 10.4. The molecule has 0 bridgehead atoms. The minimum atomic E-state index is 0.532. The van der Waals surface area contributed by atoms with Crippen molar-refractivity contribution in [1.82, 2.24) is 5.32 Å². The maximum absolute atomic E-state index is 5.94. The molecule has 16 heavy (non-hydrogen) atoms. The second-order valence-electron chi connectivity index (χ2n) is 3.17. The molecule has 1 rings (SSSR count). The highest BCUT2D eigenvalue weighted by atomic mass is 35.5. The van der Waals surface area contributed by atoms with Crippen molar-refractivity contribution in [2.45, 2.75) is 0 Å². The number of hydrogen-bond acceptors (Lipinski definition) is 3. The third kappa shape index (κ3) is 5.03. The van der Waals surface area contributed by atoms with E-state index >= 15 is 0 Å². The van der Waals surface area contributed by atoms with E-state index in [-0.39, 0.29) is 0 Å². The Bertz CT molecular complexity index is 321. The first-order valence-corrected chi connectivity index (χ1v) is 5.77. The van der Waals surface area contributed by atoms with E-state index in [0.29, 0.717) is 29.0 Å². The molecule has 0 amide bonds. The van der Waals surface area contributed by atoms with Crippen molar-refractivity contribution >= 4 is 23.2 Å². The van der Waals surface area contributed by atoms with E-state index < -0.39 is 0 Å². The summed E-state index contributed by atoms with van der Waals surface area (Å²) in [5, 5.41) is 4.31. The smallest absolute Gasteiger partial charge is 0.138 e. The zero-order chi connectivity index (χ0) is 11.8. The number of ether oxygens (including phenoxy) is 2. The van der Waals surface area contributed by atoms with E-state index in [4.69, 9.17) is 32.7 Å². The van der Waals surface area contributed by atoms with Crippen LogP contribution in [0.1, 0.15) is 0 Å². The third-order valence-electron chi connectivity index (χ3n) is 1.91. The standard InChI is InChI=1S/C11H15Cl2NO2/c1-15-6-4-14-5-7-16-11-3-2-9(12)8-10(11)13/h2-3,8,14H,4-7H2,1H3. The average Bonchev–Trinajstić information content (AvgIpc) is 2.26. The summed E-state index contributed by atoms with van der Waals surface area (Å²) in [4.78, 5) is 0. The summed E-state index contributed by atoms with van der Waals surface area (Å²) in [5.74, 6) is 0.652. The Balaban J connectivity index is 2.21. The molecule has 1 N–H and O–H groups in total. The van der Waals surface area contributed by atoms with Gasteiger partial charge in [0.05, 0.1) is 11.6 Å². The molecule has 0 aliphatic rings. The zero-order valence-corrected chi connectivity index (χ0v) is 10.6. The fourth-order valence-corrected chi connectivity index (χ4v) is 1.59. The van der Waals surface area contributed by atoms with Crippen LogP contribution in [-0.2, 0) is 4.74 Å². The molecule has 0 aliphatic heterocycles. The highest BCUT2D eigenvalue weighted by Crippen LogP contribution is 2.27. The van der Waals surface area contributed by atoms with Gasteiger partial charge in [0, 0.05) is 25.2 Å². The molecule has 0 aromatic heterocycles. The summed E-state index contributed by atoms with van der Waals surface area (Å²) in [6.45, 7) is 2.82. The Kier molecular flexibility index (Phi) is 6.57. The number of halogens is 2. The molecular formula is C11H15Cl2NO2. The molecular weight excluding hydrogens is 249 g/mol. The second-order valence-corrected chi connectivity index (χ2v) is 4.01. The Morgan fingerprint density at radius 1 is 1.19 bits per heavy atom. The molecule has 0 radical (unpaired) electrons. The Morgan fingerprint density at radius 3 is 2.62 bits per heavy atom. The van der Waals surface area contributed by atoms with E-state index in [1.54, 1.807) is 25.3 Å². The first kappa shape index (κ1) is 13.6. The molecule has 0 heterocycles. The van der Waals surface area contributed by atoms with Crippen LogP contribution >= 0.6 is 23.2 Å². The monoisotopic (exact) mass is 263 g/mol. The average molecular weight is 264 g/mol. The van der Waals surface area contributed by atoms with Crippen LogP contribution in [0.15, 0.2) is 18.2 Å². The SMILES string of the molecule is COCCNCCOc1ccc(Cl)cc1Cl. The quantitative estimate of drug-likeness (QED) is 0.768. The van der Waals surface area contributed by atoms with Crippen molar-refractivity contribution in [3.8, 4) is 5.75 Å². The third-order valence-corrected chi connectivity index (χ3v) is 2.44. The minimum Gasteiger partial charge on any atom is -0.491 e. The number of rotatable bonds is 7. The molecule has 0 aliphatic carbocycles. The van der Waals surface area contributed by atoms with Crippen molar-refractivity contribution in [2.24, 2.45) is 0 Å². The van der Waals surface area contributed by atoms with Gasteiger partial charge < -0.3 is 14.8 Å². The molecule has 0 atom stereocenters. The van der Waals surface area contributed by atoms with Gasteiger partial charge in [-0.25, -0.2) is 0 Å². The van der Waals surface area contributed by atoms with Crippen molar-refractivity contribution < 1.29 is 9.47 Å². The molecule has 5 heteroatoms. The van der Waals surface area contributed by atoms with Crippen LogP contribution in [0.2, 0.25) is 10.0 Å². The van der Waals surface area contributed by atoms with E-state index in [9.17, 15) is 0 Å². The van der Waals surface area contributed by atoms with E-state index in [2.05, 4.69) is 5.32 Å². The number of hydrogen-bond donors (Lipinski definition) is 1. The number of benzene rings is 1. The van der Waals surface area contributed by atoms with Crippen molar-refractivity contribution in [2.75, 3.05) is 33.4 Å². The van der Waals surface area contributed by atoms with E-state index in [0.717, 1.165) is 13.1 Å². The van der Waals surface area contributed by atoms with Crippen LogP contribution in [0.5, 0.6) is 5.75 Å². The van der Waals surface area contributed by atoms with E-state index in [1.807, 2.05) is 0 Å². The fraction of sp³-hybridized carbons (Fsp3) is 0.455. The largest absolute Gasteiger partial charge is 0.491 e. The normalized spacial score (nSPS) is 10.4. The van der Waals surface area contributed by atoms with Crippen molar-refractivity contribution in [1.29, 1.82) is 0 Å². The maximum atomic E-state index is 5.94. The Hall–Kier alpha value is -0.480. The Labute approximate surface area is 106 Å². The van der Waals surface area contributed by atoms with Gasteiger partial charge in [-0.3, -0.25) is 0 Å². The lowest BCUT2D eigenvalue weighted by Gasteiger charge is -2.08. The molecule has 0 fully saturated rings. The lowest BCUT2D eigenvalue weighted by atomic mass is 10.3. The first-order valence-electron chi connectivity index (χ1n) is 5.01. The second kappa shape index (κ2) is 7.74. The molecule has 0 spiro atoms. The van der Waals surface area contributed by atoms with Gasteiger partial charge >= 0.3 is 0 Å². The van der Waals surface area contributed by atoms with Gasteiger partial charge in [0.1, 0.15) is 12.4 Å². The van der Waals surface area contributed by atoms with Crippen LogP contribution in [0.25, 0.3) is 0 Å². The molecule has 0 saturated heterocycles. The van der Waals surface area contributed by atoms with Gasteiger partial charge in [-0.2, -0.15) is 0 Å². The van der Waals surface area contributed by atoms with Crippen LogP contribution in [0, 0.1) is 0 Å². The lowest BCUT2D eigenvalue weighted by Crippen LogP contribution is -2.24. The van der Waals surface area contributed by atoms with Gasteiger partial charge in [-0.1, -0.05) is 23.2 Å². The topological polar surface area (TPSA) is 30.5 Å².